The molecule has 1 saturated heterocycles. The number of benzene rings is 1. The smallest absolute Gasteiger partial charge is 0.227 e. The Hall–Kier alpha value is -2.40. The van der Waals surface area contributed by atoms with Crippen LogP contribution in [0.2, 0.25) is 0 Å². The van der Waals surface area contributed by atoms with E-state index >= 15 is 0 Å². The highest BCUT2D eigenvalue weighted by molar-refractivity contribution is 5.79. The van der Waals surface area contributed by atoms with Crippen molar-refractivity contribution in [1.29, 1.82) is 0 Å². The Morgan fingerprint density at radius 1 is 1.09 bits per heavy atom. The molecule has 1 fully saturated rings. The SMILES string of the molecule is Nc1cccc(CC(=O)N2CCN(Cc3cccnc3)CC2)c1. The molecule has 5 nitrogen and oxygen atoms in total. The van der Waals surface area contributed by atoms with Gasteiger partial charge in [0.2, 0.25) is 5.91 Å². The van der Waals surface area contributed by atoms with Gasteiger partial charge < -0.3 is 10.6 Å². The average Bonchev–Trinajstić information content (AvgIpc) is 2.56. The van der Waals surface area contributed by atoms with Crippen molar-refractivity contribution < 1.29 is 4.79 Å². The van der Waals surface area contributed by atoms with E-state index in [4.69, 9.17) is 5.73 Å². The Morgan fingerprint density at radius 3 is 2.57 bits per heavy atom. The van der Waals surface area contributed by atoms with Crippen LogP contribution in [-0.4, -0.2) is 46.9 Å². The van der Waals surface area contributed by atoms with Crippen LogP contribution in [0.3, 0.4) is 0 Å². The number of nitrogens with two attached hydrogens (primary N) is 1. The van der Waals surface area contributed by atoms with E-state index in [2.05, 4.69) is 16.0 Å². The summed E-state index contributed by atoms with van der Waals surface area (Å²) >= 11 is 0. The average molecular weight is 310 g/mol. The summed E-state index contributed by atoms with van der Waals surface area (Å²) in [5, 5.41) is 0. The van der Waals surface area contributed by atoms with Gasteiger partial charge in [0.1, 0.15) is 0 Å². The van der Waals surface area contributed by atoms with Crippen molar-refractivity contribution in [3.63, 3.8) is 0 Å². The minimum atomic E-state index is 0.177. The Bertz CT molecular complexity index is 651. The molecule has 1 amide bonds. The third-order valence-corrected chi connectivity index (χ3v) is 4.16. The number of anilines is 1. The van der Waals surface area contributed by atoms with Crippen molar-refractivity contribution >= 4 is 11.6 Å². The number of pyridine rings is 1. The molecule has 0 atom stereocenters. The molecule has 3 rings (SSSR count). The van der Waals surface area contributed by atoms with Gasteiger partial charge >= 0.3 is 0 Å². The minimum Gasteiger partial charge on any atom is -0.399 e. The Morgan fingerprint density at radius 2 is 1.87 bits per heavy atom. The van der Waals surface area contributed by atoms with E-state index < -0.39 is 0 Å². The largest absolute Gasteiger partial charge is 0.399 e. The van der Waals surface area contributed by atoms with Crippen molar-refractivity contribution in [2.45, 2.75) is 13.0 Å². The van der Waals surface area contributed by atoms with Crippen molar-refractivity contribution in [2.24, 2.45) is 0 Å². The number of nitrogen functional groups attached to an aromatic ring is 1. The summed E-state index contributed by atoms with van der Waals surface area (Å²) in [5.41, 5.74) is 8.67. The molecule has 0 unspecified atom stereocenters. The van der Waals surface area contributed by atoms with Gasteiger partial charge in [-0.05, 0) is 29.3 Å². The van der Waals surface area contributed by atoms with E-state index in [1.54, 1.807) is 6.20 Å². The lowest BCUT2D eigenvalue weighted by Gasteiger charge is -2.34. The highest BCUT2D eigenvalue weighted by Gasteiger charge is 2.21. The molecule has 120 valence electrons. The lowest BCUT2D eigenvalue weighted by Crippen LogP contribution is -2.48. The van der Waals surface area contributed by atoms with Crippen LogP contribution in [0.15, 0.2) is 48.8 Å². The number of amides is 1. The van der Waals surface area contributed by atoms with Gasteiger partial charge in [0, 0.05) is 50.8 Å². The summed E-state index contributed by atoms with van der Waals surface area (Å²) in [4.78, 5) is 20.9. The van der Waals surface area contributed by atoms with Crippen molar-refractivity contribution in [3.05, 3.63) is 59.9 Å². The number of rotatable bonds is 4. The lowest BCUT2D eigenvalue weighted by molar-refractivity contribution is -0.132. The van der Waals surface area contributed by atoms with E-state index in [0.29, 0.717) is 12.1 Å². The fraction of sp³-hybridized carbons (Fsp3) is 0.333. The van der Waals surface area contributed by atoms with E-state index in [-0.39, 0.29) is 5.91 Å². The Balaban J connectivity index is 1.49. The number of piperazine rings is 1. The third-order valence-electron chi connectivity index (χ3n) is 4.16. The molecule has 0 bridgehead atoms. The van der Waals surface area contributed by atoms with E-state index in [1.807, 2.05) is 41.4 Å². The first-order chi connectivity index (χ1) is 11.2. The first-order valence-corrected chi connectivity index (χ1v) is 7.94. The monoisotopic (exact) mass is 310 g/mol. The number of carbonyl (C=O) groups is 1. The second-order valence-electron chi connectivity index (χ2n) is 5.94. The summed E-state index contributed by atoms with van der Waals surface area (Å²) in [5.74, 6) is 0.177. The van der Waals surface area contributed by atoms with Crippen molar-refractivity contribution in [1.82, 2.24) is 14.8 Å². The lowest BCUT2D eigenvalue weighted by atomic mass is 10.1. The molecule has 1 aliphatic rings. The zero-order valence-electron chi connectivity index (χ0n) is 13.2. The molecule has 5 heteroatoms. The molecule has 0 radical (unpaired) electrons. The molecule has 2 aromatic rings. The molecular weight excluding hydrogens is 288 g/mol. The first-order valence-electron chi connectivity index (χ1n) is 7.94. The van der Waals surface area contributed by atoms with Crippen LogP contribution >= 0.6 is 0 Å². The molecule has 0 aliphatic carbocycles. The number of carbonyl (C=O) groups excluding carboxylic acids is 1. The zero-order valence-corrected chi connectivity index (χ0v) is 13.2. The minimum absolute atomic E-state index is 0.177. The van der Waals surface area contributed by atoms with Crippen LogP contribution in [0.1, 0.15) is 11.1 Å². The maximum Gasteiger partial charge on any atom is 0.227 e. The maximum atomic E-state index is 12.4. The topological polar surface area (TPSA) is 62.5 Å². The fourth-order valence-electron chi connectivity index (χ4n) is 2.89. The van der Waals surface area contributed by atoms with Gasteiger partial charge in [0.25, 0.3) is 0 Å². The van der Waals surface area contributed by atoms with Gasteiger partial charge in [-0.25, -0.2) is 0 Å². The maximum absolute atomic E-state index is 12.4. The number of aromatic nitrogens is 1. The van der Waals surface area contributed by atoms with E-state index in [1.165, 1.54) is 5.56 Å². The van der Waals surface area contributed by atoms with Crippen molar-refractivity contribution in [2.75, 3.05) is 31.9 Å². The quantitative estimate of drug-likeness (QED) is 0.870. The summed E-state index contributed by atoms with van der Waals surface area (Å²) in [6.45, 7) is 4.25. The summed E-state index contributed by atoms with van der Waals surface area (Å²) < 4.78 is 0. The highest BCUT2D eigenvalue weighted by atomic mass is 16.2. The van der Waals surface area contributed by atoms with Crippen LogP contribution in [-0.2, 0) is 17.8 Å². The number of nitrogens with zero attached hydrogens (tertiary/aromatic N) is 3. The summed E-state index contributed by atoms with van der Waals surface area (Å²) in [7, 11) is 0. The van der Waals surface area contributed by atoms with Gasteiger partial charge in [-0.3, -0.25) is 14.7 Å². The Labute approximate surface area is 136 Å². The van der Waals surface area contributed by atoms with Gasteiger partial charge in [-0.2, -0.15) is 0 Å². The van der Waals surface area contributed by atoms with E-state index in [9.17, 15) is 4.79 Å². The van der Waals surface area contributed by atoms with Crippen LogP contribution in [0, 0.1) is 0 Å². The number of hydrogen-bond donors (Lipinski definition) is 1. The molecule has 1 aromatic heterocycles. The van der Waals surface area contributed by atoms with Crippen LogP contribution in [0.25, 0.3) is 0 Å². The molecule has 1 aliphatic heterocycles. The van der Waals surface area contributed by atoms with Gasteiger partial charge in [-0.1, -0.05) is 18.2 Å². The van der Waals surface area contributed by atoms with Crippen molar-refractivity contribution in [3.8, 4) is 0 Å². The van der Waals surface area contributed by atoms with Gasteiger partial charge in [0.05, 0.1) is 6.42 Å². The predicted octanol–water partition coefficient (Wildman–Crippen LogP) is 1.55. The van der Waals surface area contributed by atoms with E-state index in [0.717, 1.165) is 38.3 Å². The third kappa shape index (κ3) is 4.29. The molecule has 2 heterocycles. The number of hydrogen-bond acceptors (Lipinski definition) is 4. The second kappa shape index (κ2) is 7.24. The standard InChI is InChI=1S/C18H22N4O/c19-17-5-1-3-15(11-17)12-18(23)22-9-7-21(8-10-22)14-16-4-2-6-20-13-16/h1-6,11,13H,7-10,12,14,19H2. The summed E-state index contributed by atoms with van der Waals surface area (Å²) in [6, 6.07) is 11.6. The van der Waals surface area contributed by atoms with Crippen LogP contribution in [0.5, 0.6) is 0 Å². The predicted molar refractivity (Wildman–Crippen MR) is 90.7 cm³/mol. The fourth-order valence-corrected chi connectivity index (χ4v) is 2.89. The molecular formula is C18H22N4O. The second-order valence-corrected chi connectivity index (χ2v) is 5.94. The zero-order chi connectivity index (χ0) is 16.1. The molecule has 0 spiro atoms. The normalized spacial score (nSPS) is 15.6. The van der Waals surface area contributed by atoms with Crippen LogP contribution < -0.4 is 5.73 Å². The Kier molecular flexibility index (Phi) is 4.88. The van der Waals surface area contributed by atoms with Gasteiger partial charge in [-0.15, -0.1) is 0 Å². The van der Waals surface area contributed by atoms with Crippen LogP contribution in [0.4, 0.5) is 5.69 Å². The molecule has 0 saturated carbocycles. The molecule has 1 aromatic carbocycles. The van der Waals surface area contributed by atoms with Gasteiger partial charge in [0.15, 0.2) is 0 Å². The summed E-state index contributed by atoms with van der Waals surface area (Å²) in [6.07, 6.45) is 4.11. The molecule has 23 heavy (non-hydrogen) atoms. The molecule has 2 N–H and O–H groups in total. The first kappa shape index (κ1) is 15.5. The highest BCUT2D eigenvalue weighted by Crippen LogP contribution is 2.11.